The first-order valence-electron chi connectivity index (χ1n) is 6.82. The van der Waals surface area contributed by atoms with Gasteiger partial charge in [0.15, 0.2) is 13.1 Å². The summed E-state index contributed by atoms with van der Waals surface area (Å²) in [7, 11) is 1.58. The van der Waals surface area contributed by atoms with E-state index in [0.717, 1.165) is 9.77 Å². The van der Waals surface area contributed by atoms with E-state index >= 15 is 0 Å². The summed E-state index contributed by atoms with van der Waals surface area (Å²) in [6, 6.07) is 2.04. The number of ether oxygens (including phenoxy) is 4. The predicted molar refractivity (Wildman–Crippen MR) is 81.5 cm³/mol. The second-order valence-electron chi connectivity index (χ2n) is 4.50. The molecule has 1 aliphatic heterocycles. The Morgan fingerprint density at radius 1 is 1.52 bits per heavy atom. The lowest BCUT2D eigenvalue weighted by Gasteiger charge is -2.27. The molecule has 3 atom stereocenters. The summed E-state index contributed by atoms with van der Waals surface area (Å²) in [6.45, 7) is 4.15. The van der Waals surface area contributed by atoms with E-state index in [1.54, 1.807) is 37.1 Å². The van der Waals surface area contributed by atoms with Gasteiger partial charge in [0.25, 0.3) is 0 Å². The van der Waals surface area contributed by atoms with Gasteiger partial charge < -0.3 is 18.9 Å². The molecule has 118 valence electrons. The van der Waals surface area contributed by atoms with Gasteiger partial charge in [0.1, 0.15) is 5.25 Å². The molecule has 2 rings (SSSR count). The van der Waals surface area contributed by atoms with Crippen LogP contribution in [0.4, 0.5) is 0 Å². The number of hydrogen-bond donors (Lipinski definition) is 0. The zero-order valence-corrected chi connectivity index (χ0v) is 14.0. The van der Waals surface area contributed by atoms with E-state index in [-0.39, 0.29) is 30.4 Å². The molecule has 1 aliphatic rings. The molecule has 0 aromatic carbocycles. The molecule has 5 nitrogen and oxygen atoms in total. The summed E-state index contributed by atoms with van der Waals surface area (Å²) in [5.41, 5.74) is 1.12. The first-order valence-corrected chi connectivity index (χ1v) is 8.58. The number of thiophene rings is 1. The second kappa shape index (κ2) is 8.14. The number of carbonyl (C=O) groups is 1. The summed E-state index contributed by atoms with van der Waals surface area (Å²) in [4.78, 5) is 12.0. The summed E-state index contributed by atoms with van der Waals surface area (Å²) in [6.07, 6.45) is 0.134. The Bertz CT molecular complexity index is 462. The Kier molecular flexibility index (Phi) is 6.50. The molecule has 0 amide bonds. The molecule has 0 aliphatic carbocycles. The number of rotatable bonds is 7. The molecule has 0 radical (unpaired) electrons. The van der Waals surface area contributed by atoms with Crippen LogP contribution < -0.4 is 0 Å². The van der Waals surface area contributed by atoms with Crippen LogP contribution in [-0.2, 0) is 23.7 Å². The average Bonchev–Trinajstić information content (AvgIpc) is 2.95. The lowest BCUT2D eigenvalue weighted by Crippen LogP contribution is -2.27. The van der Waals surface area contributed by atoms with Crippen LogP contribution in [-0.4, -0.2) is 38.0 Å². The van der Waals surface area contributed by atoms with E-state index < -0.39 is 0 Å². The van der Waals surface area contributed by atoms with Crippen molar-refractivity contribution in [1.29, 1.82) is 0 Å². The van der Waals surface area contributed by atoms with Gasteiger partial charge in [-0.3, -0.25) is 4.79 Å². The van der Waals surface area contributed by atoms with E-state index in [1.807, 2.05) is 18.4 Å². The van der Waals surface area contributed by atoms with Crippen LogP contribution in [0.15, 0.2) is 15.7 Å². The minimum absolute atomic E-state index is 0.134. The Labute approximate surface area is 132 Å². The van der Waals surface area contributed by atoms with E-state index in [1.165, 1.54) is 0 Å². The molecule has 1 aromatic rings. The Morgan fingerprint density at radius 3 is 3.05 bits per heavy atom. The van der Waals surface area contributed by atoms with E-state index in [0.29, 0.717) is 13.0 Å². The molecule has 0 N–H and O–H groups in total. The highest BCUT2D eigenvalue weighted by Crippen LogP contribution is 2.45. The van der Waals surface area contributed by atoms with Gasteiger partial charge >= 0.3 is 5.97 Å². The lowest BCUT2D eigenvalue weighted by molar-refractivity contribution is -0.190. The molecular formula is C14H20O5S2. The number of carbonyl (C=O) groups excluding carboxylic acids is 1. The highest BCUT2D eigenvalue weighted by molar-refractivity contribution is 8.02. The predicted octanol–water partition coefficient (Wildman–Crippen LogP) is 3.20. The normalized spacial score (nSPS) is 22.6. The topological polar surface area (TPSA) is 54.0 Å². The molecule has 1 aromatic heterocycles. The van der Waals surface area contributed by atoms with Crippen LogP contribution >= 0.6 is 23.1 Å². The quantitative estimate of drug-likeness (QED) is 0.564. The van der Waals surface area contributed by atoms with Crippen molar-refractivity contribution in [2.75, 3.05) is 20.5 Å². The molecule has 0 bridgehead atoms. The van der Waals surface area contributed by atoms with Crippen LogP contribution in [0.5, 0.6) is 0 Å². The fourth-order valence-electron chi connectivity index (χ4n) is 1.96. The van der Waals surface area contributed by atoms with Crippen molar-refractivity contribution in [3.8, 4) is 0 Å². The third-order valence-electron chi connectivity index (χ3n) is 3.14. The fraction of sp³-hybridized carbons (Fsp3) is 0.643. The lowest BCUT2D eigenvalue weighted by atomic mass is 10.1. The van der Waals surface area contributed by atoms with Gasteiger partial charge in [-0.05, 0) is 25.3 Å². The summed E-state index contributed by atoms with van der Waals surface area (Å²) < 4.78 is 22.4. The SMILES string of the molecule is CCOC(=O)C1CC(OCOC(C)OC)c2ccsc2S1. The number of methoxy groups -OCH3 is 1. The van der Waals surface area contributed by atoms with Gasteiger partial charge in [-0.1, -0.05) is 11.8 Å². The molecule has 0 saturated heterocycles. The average molecular weight is 332 g/mol. The van der Waals surface area contributed by atoms with Crippen LogP contribution in [0.2, 0.25) is 0 Å². The van der Waals surface area contributed by atoms with Crippen molar-refractivity contribution in [2.45, 2.75) is 42.1 Å². The molecule has 2 heterocycles. The van der Waals surface area contributed by atoms with Gasteiger partial charge in [-0.2, -0.15) is 0 Å². The molecule has 3 unspecified atom stereocenters. The highest BCUT2D eigenvalue weighted by atomic mass is 32.2. The zero-order valence-electron chi connectivity index (χ0n) is 12.4. The molecule has 0 fully saturated rings. The molecule has 21 heavy (non-hydrogen) atoms. The monoisotopic (exact) mass is 332 g/mol. The smallest absolute Gasteiger partial charge is 0.319 e. The molecular weight excluding hydrogens is 312 g/mol. The van der Waals surface area contributed by atoms with Crippen molar-refractivity contribution in [3.63, 3.8) is 0 Å². The van der Waals surface area contributed by atoms with Crippen LogP contribution in [0.1, 0.15) is 31.9 Å². The third-order valence-corrected chi connectivity index (χ3v) is 5.55. The van der Waals surface area contributed by atoms with Gasteiger partial charge in [0.05, 0.1) is 16.9 Å². The zero-order chi connectivity index (χ0) is 15.2. The maximum atomic E-state index is 12.0. The first-order chi connectivity index (χ1) is 10.2. The Hall–Kier alpha value is -0.600. The number of hydrogen-bond acceptors (Lipinski definition) is 7. The van der Waals surface area contributed by atoms with Gasteiger partial charge in [-0.15, -0.1) is 11.3 Å². The fourth-order valence-corrected chi connectivity index (χ4v) is 4.40. The second-order valence-corrected chi connectivity index (χ2v) is 6.89. The third kappa shape index (κ3) is 4.43. The van der Waals surface area contributed by atoms with Gasteiger partial charge in [0.2, 0.25) is 0 Å². The van der Waals surface area contributed by atoms with E-state index in [4.69, 9.17) is 18.9 Å². The van der Waals surface area contributed by atoms with Crippen LogP contribution in [0.25, 0.3) is 0 Å². The number of thioether (sulfide) groups is 1. The summed E-state index contributed by atoms with van der Waals surface area (Å²) in [5.74, 6) is -0.179. The summed E-state index contributed by atoms with van der Waals surface area (Å²) in [5, 5.41) is 1.79. The maximum absolute atomic E-state index is 12.0. The van der Waals surface area contributed by atoms with Crippen molar-refractivity contribution < 1.29 is 23.7 Å². The van der Waals surface area contributed by atoms with Crippen molar-refractivity contribution in [2.24, 2.45) is 0 Å². The first kappa shape index (κ1) is 16.8. The number of fused-ring (bicyclic) bond motifs is 1. The molecule has 7 heteroatoms. The molecule has 0 saturated carbocycles. The standard InChI is InChI=1S/C14H20O5S2/c1-4-17-13(15)12-7-11(19-8-18-9(2)16-3)10-5-6-20-14(10)21-12/h5-6,9,11-12H,4,7-8H2,1-3H3. The largest absolute Gasteiger partial charge is 0.465 e. The Morgan fingerprint density at radius 2 is 2.33 bits per heavy atom. The van der Waals surface area contributed by atoms with Crippen molar-refractivity contribution >= 4 is 29.1 Å². The minimum Gasteiger partial charge on any atom is -0.465 e. The van der Waals surface area contributed by atoms with Crippen LogP contribution in [0, 0.1) is 0 Å². The van der Waals surface area contributed by atoms with Crippen LogP contribution in [0.3, 0.4) is 0 Å². The van der Waals surface area contributed by atoms with Gasteiger partial charge in [-0.25, -0.2) is 0 Å². The van der Waals surface area contributed by atoms with Crippen molar-refractivity contribution in [1.82, 2.24) is 0 Å². The summed E-state index contributed by atoms with van der Waals surface area (Å²) >= 11 is 3.18. The van der Waals surface area contributed by atoms with E-state index in [9.17, 15) is 4.79 Å². The van der Waals surface area contributed by atoms with Crippen molar-refractivity contribution in [3.05, 3.63) is 17.0 Å². The Balaban J connectivity index is 1.98. The molecule has 0 spiro atoms. The number of esters is 1. The maximum Gasteiger partial charge on any atom is 0.319 e. The minimum atomic E-state index is -0.314. The van der Waals surface area contributed by atoms with E-state index in [2.05, 4.69) is 0 Å². The van der Waals surface area contributed by atoms with Gasteiger partial charge in [0, 0.05) is 19.1 Å². The highest BCUT2D eigenvalue weighted by Gasteiger charge is 2.34.